The molecule has 27 heavy (non-hydrogen) atoms. The van der Waals surface area contributed by atoms with Crippen LogP contribution < -0.4 is 0 Å². The lowest BCUT2D eigenvalue weighted by Crippen LogP contribution is -2.48. The Bertz CT molecular complexity index is 700. The van der Waals surface area contributed by atoms with Gasteiger partial charge in [-0.1, -0.05) is 31.6 Å². The van der Waals surface area contributed by atoms with Gasteiger partial charge in [-0.15, -0.1) is 0 Å². The summed E-state index contributed by atoms with van der Waals surface area (Å²) in [7, 11) is 1.78. The molecule has 1 saturated heterocycles. The first-order valence-corrected chi connectivity index (χ1v) is 10.9. The highest BCUT2D eigenvalue weighted by atomic mass is 16.6. The lowest BCUT2D eigenvalue weighted by molar-refractivity contribution is -0.160. The molecule has 2 unspecified atom stereocenters. The van der Waals surface area contributed by atoms with Crippen LogP contribution in [0.3, 0.4) is 0 Å². The summed E-state index contributed by atoms with van der Waals surface area (Å²) in [5.41, 5.74) is 2.94. The maximum atomic E-state index is 11.9. The molecule has 4 atom stereocenters. The lowest BCUT2D eigenvalue weighted by Gasteiger charge is -2.48. The first-order valence-electron chi connectivity index (χ1n) is 10.9. The van der Waals surface area contributed by atoms with E-state index in [4.69, 9.17) is 9.47 Å². The maximum absolute atomic E-state index is 11.9. The van der Waals surface area contributed by atoms with Crippen LogP contribution in [-0.4, -0.2) is 18.7 Å². The van der Waals surface area contributed by atoms with Gasteiger partial charge in [-0.25, -0.2) is 0 Å². The summed E-state index contributed by atoms with van der Waals surface area (Å²) in [6, 6.07) is 0. The molecule has 0 N–H and O–H groups in total. The average Bonchev–Trinajstić information content (AvgIpc) is 3.20. The first-order chi connectivity index (χ1) is 13.0. The summed E-state index contributed by atoms with van der Waals surface area (Å²) >= 11 is 0. The van der Waals surface area contributed by atoms with Gasteiger partial charge in [0.15, 0.2) is 0 Å². The molecule has 0 radical (unpaired) electrons. The van der Waals surface area contributed by atoms with Crippen LogP contribution in [0.5, 0.6) is 0 Å². The number of carbonyl (C=O) groups is 1. The van der Waals surface area contributed by atoms with E-state index < -0.39 is 0 Å². The van der Waals surface area contributed by atoms with E-state index in [-0.39, 0.29) is 17.0 Å². The van der Waals surface area contributed by atoms with Crippen molar-refractivity contribution in [2.75, 3.05) is 7.11 Å². The average molecular weight is 371 g/mol. The van der Waals surface area contributed by atoms with Gasteiger partial charge in [0, 0.05) is 18.3 Å². The van der Waals surface area contributed by atoms with Crippen molar-refractivity contribution in [1.82, 2.24) is 0 Å². The molecule has 1 spiro atoms. The van der Waals surface area contributed by atoms with Crippen LogP contribution in [0.25, 0.3) is 0 Å². The number of methoxy groups -OCH3 is 1. The third kappa shape index (κ3) is 3.07. The van der Waals surface area contributed by atoms with Crippen molar-refractivity contribution >= 4 is 5.97 Å². The van der Waals surface area contributed by atoms with E-state index in [9.17, 15) is 4.79 Å². The van der Waals surface area contributed by atoms with Crippen LogP contribution in [0, 0.1) is 17.3 Å². The Kier molecular flexibility index (Phi) is 4.98. The summed E-state index contributed by atoms with van der Waals surface area (Å²) in [6.45, 7) is 4.69. The SMILES string of the molecule is CCC1=CC[C@@]2(C)C(CC[C@@]23CCC(=O)O3)C1C/C=C1/C=C(OC)CCC1. The van der Waals surface area contributed by atoms with E-state index in [0.717, 1.165) is 50.7 Å². The van der Waals surface area contributed by atoms with Crippen LogP contribution in [0.2, 0.25) is 0 Å². The molecule has 2 fully saturated rings. The molecule has 0 aromatic rings. The molecule has 1 heterocycles. The van der Waals surface area contributed by atoms with Gasteiger partial charge in [0.25, 0.3) is 0 Å². The molecule has 4 aliphatic rings. The highest BCUT2D eigenvalue weighted by Crippen LogP contribution is 2.64. The monoisotopic (exact) mass is 370 g/mol. The highest BCUT2D eigenvalue weighted by Gasteiger charge is 2.63. The molecule has 3 aliphatic carbocycles. The van der Waals surface area contributed by atoms with E-state index >= 15 is 0 Å². The van der Waals surface area contributed by atoms with Crippen molar-refractivity contribution in [2.45, 2.75) is 83.7 Å². The van der Waals surface area contributed by atoms with Crippen LogP contribution >= 0.6 is 0 Å². The molecule has 3 heteroatoms. The van der Waals surface area contributed by atoms with E-state index in [0.29, 0.717) is 18.3 Å². The Morgan fingerprint density at radius 1 is 1.30 bits per heavy atom. The number of esters is 1. The fraction of sp³-hybridized carbons (Fsp3) is 0.708. The smallest absolute Gasteiger partial charge is 0.306 e. The van der Waals surface area contributed by atoms with E-state index in [1.54, 1.807) is 12.7 Å². The maximum Gasteiger partial charge on any atom is 0.306 e. The molecule has 0 aromatic carbocycles. The number of hydrogen-bond acceptors (Lipinski definition) is 3. The summed E-state index contributed by atoms with van der Waals surface area (Å²) in [5, 5.41) is 0. The van der Waals surface area contributed by atoms with Crippen molar-refractivity contribution in [2.24, 2.45) is 17.3 Å². The third-order valence-corrected chi connectivity index (χ3v) is 8.05. The molecule has 0 bridgehead atoms. The van der Waals surface area contributed by atoms with Crippen molar-refractivity contribution in [3.8, 4) is 0 Å². The van der Waals surface area contributed by atoms with E-state index in [1.807, 2.05) is 0 Å². The minimum absolute atomic E-state index is 0.0141. The van der Waals surface area contributed by atoms with E-state index in [2.05, 4.69) is 32.1 Å². The number of ether oxygens (including phenoxy) is 2. The van der Waals surface area contributed by atoms with Gasteiger partial charge in [-0.05, 0) is 74.9 Å². The Labute approximate surface area is 163 Å². The van der Waals surface area contributed by atoms with E-state index in [1.165, 1.54) is 18.4 Å². The standard InChI is InChI=1S/C24H34O3/c1-4-18-10-13-23(2)21(11-14-24(23)15-12-22(25)27-24)20(18)9-8-17-6-5-7-19(16-17)26-3/h8,10,16,20-21H,4-7,9,11-15H2,1-3H3/b17-8+/t20?,21?,23-,24+/m0/s1. The second-order valence-electron chi connectivity index (χ2n) is 9.16. The molecule has 1 aliphatic heterocycles. The summed E-state index contributed by atoms with van der Waals surface area (Å²) in [6.07, 6.45) is 17.7. The predicted molar refractivity (Wildman–Crippen MR) is 107 cm³/mol. The zero-order chi connectivity index (χ0) is 19.1. The second kappa shape index (κ2) is 7.14. The Hall–Kier alpha value is -1.51. The van der Waals surface area contributed by atoms with Crippen molar-refractivity contribution in [3.05, 3.63) is 35.1 Å². The Morgan fingerprint density at radius 2 is 2.15 bits per heavy atom. The topological polar surface area (TPSA) is 35.5 Å². The minimum atomic E-state index is -0.204. The summed E-state index contributed by atoms with van der Waals surface area (Å²) < 4.78 is 11.5. The Morgan fingerprint density at radius 3 is 2.85 bits per heavy atom. The predicted octanol–water partition coefficient (Wildman–Crippen LogP) is 5.87. The second-order valence-corrected chi connectivity index (χ2v) is 9.16. The number of carbonyl (C=O) groups excluding carboxylic acids is 1. The van der Waals surface area contributed by atoms with Crippen LogP contribution in [0.15, 0.2) is 35.1 Å². The molecular formula is C24H34O3. The van der Waals surface area contributed by atoms with Crippen LogP contribution in [0.4, 0.5) is 0 Å². The minimum Gasteiger partial charge on any atom is -0.501 e. The molecule has 148 valence electrons. The largest absolute Gasteiger partial charge is 0.501 e. The fourth-order valence-corrected chi connectivity index (χ4v) is 6.41. The molecule has 3 nitrogen and oxygen atoms in total. The highest BCUT2D eigenvalue weighted by molar-refractivity contribution is 5.72. The van der Waals surface area contributed by atoms with Crippen LogP contribution in [-0.2, 0) is 14.3 Å². The zero-order valence-electron chi connectivity index (χ0n) is 17.2. The van der Waals surface area contributed by atoms with Gasteiger partial charge in [0.05, 0.1) is 12.9 Å². The third-order valence-electron chi connectivity index (χ3n) is 8.05. The van der Waals surface area contributed by atoms with Gasteiger partial charge >= 0.3 is 5.97 Å². The number of hydrogen-bond donors (Lipinski definition) is 0. The quantitative estimate of drug-likeness (QED) is 0.459. The zero-order valence-corrected chi connectivity index (χ0v) is 17.2. The van der Waals surface area contributed by atoms with Gasteiger partial charge in [0.2, 0.25) is 0 Å². The summed E-state index contributed by atoms with van der Waals surface area (Å²) in [4.78, 5) is 11.9. The number of allylic oxidation sites excluding steroid dienone is 6. The molecular weight excluding hydrogens is 336 g/mol. The lowest BCUT2D eigenvalue weighted by atomic mass is 9.59. The van der Waals surface area contributed by atoms with Crippen LogP contribution in [0.1, 0.15) is 78.1 Å². The molecule has 0 amide bonds. The van der Waals surface area contributed by atoms with Crippen molar-refractivity contribution in [1.29, 1.82) is 0 Å². The van der Waals surface area contributed by atoms with Gasteiger partial charge in [-0.3, -0.25) is 4.79 Å². The van der Waals surface area contributed by atoms with Crippen molar-refractivity contribution in [3.63, 3.8) is 0 Å². The van der Waals surface area contributed by atoms with Gasteiger partial charge in [0.1, 0.15) is 5.60 Å². The van der Waals surface area contributed by atoms with Gasteiger partial charge < -0.3 is 9.47 Å². The van der Waals surface area contributed by atoms with Crippen molar-refractivity contribution < 1.29 is 14.3 Å². The number of fused-ring (bicyclic) bond motifs is 2. The molecule has 4 rings (SSSR count). The van der Waals surface area contributed by atoms with Gasteiger partial charge in [-0.2, -0.15) is 0 Å². The molecule has 0 aromatic heterocycles. The fourth-order valence-electron chi connectivity index (χ4n) is 6.41. The normalized spacial score (nSPS) is 40.0. The Balaban J connectivity index is 1.59. The first kappa shape index (κ1) is 18.8. The number of rotatable bonds is 4. The summed E-state index contributed by atoms with van der Waals surface area (Å²) in [5.74, 6) is 2.33. The molecule has 1 saturated carbocycles.